The second-order valence-corrected chi connectivity index (χ2v) is 5.15. The maximum absolute atomic E-state index is 11.0. The molecule has 1 aliphatic carbocycles. The predicted molar refractivity (Wildman–Crippen MR) is 57.2 cm³/mol. The molecule has 0 aromatic carbocycles. The number of carboxylic acids is 1. The SMILES string of the molecule is CC1Cc2c(C(=O)O)csc2C(C)C1. The molecule has 76 valence electrons. The third-order valence-electron chi connectivity index (χ3n) is 2.91. The van der Waals surface area contributed by atoms with Crippen molar-refractivity contribution in [2.24, 2.45) is 5.92 Å². The maximum atomic E-state index is 11.0. The van der Waals surface area contributed by atoms with Crippen LogP contribution < -0.4 is 0 Å². The molecule has 0 fully saturated rings. The average Bonchev–Trinajstić information content (AvgIpc) is 2.47. The lowest BCUT2D eigenvalue weighted by molar-refractivity contribution is 0.0696. The summed E-state index contributed by atoms with van der Waals surface area (Å²) in [5.74, 6) is 0.376. The Kier molecular flexibility index (Phi) is 2.35. The fourth-order valence-corrected chi connectivity index (χ4v) is 3.50. The zero-order chi connectivity index (χ0) is 10.3. The summed E-state index contributed by atoms with van der Waals surface area (Å²) >= 11 is 1.61. The molecule has 1 aliphatic rings. The molecule has 2 nitrogen and oxygen atoms in total. The fraction of sp³-hybridized carbons (Fsp3) is 0.545. The van der Waals surface area contributed by atoms with Crippen LogP contribution in [0.5, 0.6) is 0 Å². The summed E-state index contributed by atoms with van der Waals surface area (Å²) in [6.07, 6.45) is 2.12. The zero-order valence-corrected chi connectivity index (χ0v) is 9.23. The third kappa shape index (κ3) is 1.46. The van der Waals surface area contributed by atoms with Gasteiger partial charge in [-0.25, -0.2) is 4.79 Å². The molecular weight excluding hydrogens is 196 g/mol. The van der Waals surface area contributed by atoms with Crippen LogP contribution in [0, 0.1) is 5.92 Å². The van der Waals surface area contributed by atoms with Gasteiger partial charge in [-0.15, -0.1) is 11.3 Å². The van der Waals surface area contributed by atoms with Gasteiger partial charge in [-0.3, -0.25) is 0 Å². The predicted octanol–water partition coefficient (Wildman–Crippen LogP) is 3.13. The minimum Gasteiger partial charge on any atom is -0.478 e. The van der Waals surface area contributed by atoms with Gasteiger partial charge in [0.15, 0.2) is 0 Å². The van der Waals surface area contributed by atoms with Crippen LogP contribution in [0.15, 0.2) is 5.38 Å². The molecule has 0 amide bonds. The summed E-state index contributed by atoms with van der Waals surface area (Å²) in [4.78, 5) is 12.2. The summed E-state index contributed by atoms with van der Waals surface area (Å²) < 4.78 is 0. The smallest absolute Gasteiger partial charge is 0.336 e. The molecule has 1 heterocycles. The van der Waals surface area contributed by atoms with E-state index in [1.807, 2.05) is 0 Å². The molecule has 14 heavy (non-hydrogen) atoms. The molecule has 0 aliphatic heterocycles. The summed E-state index contributed by atoms with van der Waals surface area (Å²) in [6, 6.07) is 0. The number of rotatable bonds is 1. The van der Waals surface area contributed by atoms with E-state index in [0.29, 0.717) is 17.4 Å². The van der Waals surface area contributed by atoms with Crippen LogP contribution in [-0.2, 0) is 6.42 Å². The summed E-state index contributed by atoms with van der Waals surface area (Å²) in [7, 11) is 0. The van der Waals surface area contributed by atoms with E-state index in [9.17, 15) is 4.79 Å². The number of hydrogen-bond donors (Lipinski definition) is 1. The maximum Gasteiger partial charge on any atom is 0.336 e. The van der Waals surface area contributed by atoms with Gasteiger partial charge in [0.1, 0.15) is 0 Å². The van der Waals surface area contributed by atoms with Gasteiger partial charge in [-0.2, -0.15) is 0 Å². The zero-order valence-electron chi connectivity index (χ0n) is 8.41. The first kappa shape index (κ1) is 9.71. The van der Waals surface area contributed by atoms with Crippen LogP contribution in [0.2, 0.25) is 0 Å². The first-order valence-electron chi connectivity index (χ1n) is 4.93. The number of carboxylic acid groups (broad SMARTS) is 1. The van der Waals surface area contributed by atoms with Gasteiger partial charge in [-0.05, 0) is 30.2 Å². The molecule has 0 saturated carbocycles. The first-order chi connectivity index (χ1) is 6.59. The van der Waals surface area contributed by atoms with Crippen LogP contribution in [0.1, 0.15) is 47.0 Å². The van der Waals surface area contributed by atoms with Crippen molar-refractivity contribution < 1.29 is 9.90 Å². The Labute approximate surface area is 87.6 Å². The Morgan fingerprint density at radius 1 is 1.57 bits per heavy atom. The van der Waals surface area contributed by atoms with Gasteiger partial charge in [0.2, 0.25) is 0 Å². The first-order valence-corrected chi connectivity index (χ1v) is 5.81. The quantitative estimate of drug-likeness (QED) is 0.773. The lowest BCUT2D eigenvalue weighted by Gasteiger charge is -2.24. The summed E-state index contributed by atoms with van der Waals surface area (Å²) in [6.45, 7) is 4.39. The van der Waals surface area contributed by atoms with E-state index in [2.05, 4.69) is 13.8 Å². The molecule has 3 heteroatoms. The highest BCUT2D eigenvalue weighted by Gasteiger charge is 2.27. The van der Waals surface area contributed by atoms with Crippen LogP contribution in [0.3, 0.4) is 0 Å². The van der Waals surface area contributed by atoms with E-state index in [4.69, 9.17) is 5.11 Å². The van der Waals surface area contributed by atoms with Gasteiger partial charge >= 0.3 is 5.97 Å². The highest BCUT2D eigenvalue weighted by molar-refractivity contribution is 7.10. The largest absolute Gasteiger partial charge is 0.478 e. The molecule has 1 aromatic heterocycles. The molecule has 1 aromatic rings. The molecular formula is C11H14O2S. The average molecular weight is 210 g/mol. The lowest BCUT2D eigenvalue weighted by Crippen LogP contribution is -2.14. The highest BCUT2D eigenvalue weighted by atomic mass is 32.1. The number of aromatic carboxylic acids is 1. The van der Waals surface area contributed by atoms with Crippen molar-refractivity contribution in [3.05, 3.63) is 21.4 Å². The number of thiophene rings is 1. The van der Waals surface area contributed by atoms with Crippen molar-refractivity contribution in [2.45, 2.75) is 32.6 Å². The molecule has 2 rings (SSSR count). The van der Waals surface area contributed by atoms with Crippen LogP contribution in [0.25, 0.3) is 0 Å². The Bertz CT molecular complexity index is 367. The Hall–Kier alpha value is -0.830. The molecule has 2 atom stereocenters. The normalized spacial score (nSPS) is 25.9. The Balaban J connectivity index is 2.46. The van der Waals surface area contributed by atoms with Gasteiger partial charge in [0, 0.05) is 10.3 Å². The second-order valence-electron chi connectivity index (χ2n) is 4.24. The number of fused-ring (bicyclic) bond motifs is 1. The minimum atomic E-state index is -0.774. The molecule has 0 spiro atoms. The van der Waals surface area contributed by atoms with Crippen LogP contribution in [0.4, 0.5) is 0 Å². The van der Waals surface area contributed by atoms with Crippen molar-refractivity contribution in [1.29, 1.82) is 0 Å². The van der Waals surface area contributed by atoms with E-state index in [-0.39, 0.29) is 0 Å². The lowest BCUT2D eigenvalue weighted by atomic mass is 9.82. The van der Waals surface area contributed by atoms with E-state index in [1.54, 1.807) is 16.7 Å². The van der Waals surface area contributed by atoms with E-state index in [1.165, 1.54) is 11.3 Å². The second kappa shape index (κ2) is 3.39. The van der Waals surface area contributed by atoms with Gasteiger partial charge in [0.25, 0.3) is 0 Å². The molecule has 0 radical (unpaired) electrons. The van der Waals surface area contributed by atoms with E-state index >= 15 is 0 Å². The molecule has 2 unspecified atom stereocenters. The topological polar surface area (TPSA) is 37.3 Å². The number of hydrogen-bond acceptors (Lipinski definition) is 2. The van der Waals surface area contributed by atoms with Crippen molar-refractivity contribution in [2.75, 3.05) is 0 Å². The van der Waals surface area contributed by atoms with Crippen molar-refractivity contribution in [3.63, 3.8) is 0 Å². The highest BCUT2D eigenvalue weighted by Crippen LogP contribution is 2.39. The van der Waals surface area contributed by atoms with Crippen molar-refractivity contribution >= 4 is 17.3 Å². The molecule has 1 N–H and O–H groups in total. The Morgan fingerprint density at radius 2 is 2.29 bits per heavy atom. The third-order valence-corrected chi connectivity index (χ3v) is 4.17. The van der Waals surface area contributed by atoms with E-state index < -0.39 is 5.97 Å². The summed E-state index contributed by atoms with van der Waals surface area (Å²) in [5, 5.41) is 10.8. The van der Waals surface area contributed by atoms with Crippen LogP contribution >= 0.6 is 11.3 Å². The van der Waals surface area contributed by atoms with Gasteiger partial charge in [0.05, 0.1) is 5.56 Å². The monoisotopic (exact) mass is 210 g/mol. The number of carbonyl (C=O) groups is 1. The minimum absolute atomic E-state index is 0.531. The molecule has 0 bridgehead atoms. The fourth-order valence-electron chi connectivity index (χ4n) is 2.34. The summed E-state index contributed by atoms with van der Waals surface area (Å²) in [5.41, 5.74) is 1.62. The van der Waals surface area contributed by atoms with Crippen molar-refractivity contribution in [1.82, 2.24) is 0 Å². The van der Waals surface area contributed by atoms with Gasteiger partial charge < -0.3 is 5.11 Å². The van der Waals surface area contributed by atoms with Gasteiger partial charge in [-0.1, -0.05) is 13.8 Å². The Morgan fingerprint density at radius 3 is 2.93 bits per heavy atom. The standard InChI is InChI=1S/C11H14O2S/c1-6-3-7(2)10-8(4-6)9(5-14-10)11(12)13/h5-7H,3-4H2,1-2H3,(H,12,13). The molecule has 0 saturated heterocycles. The van der Waals surface area contributed by atoms with E-state index in [0.717, 1.165) is 12.0 Å². The van der Waals surface area contributed by atoms with Crippen LogP contribution in [-0.4, -0.2) is 11.1 Å². The van der Waals surface area contributed by atoms with Crippen molar-refractivity contribution in [3.8, 4) is 0 Å².